The molecule has 14 heavy (non-hydrogen) atoms. The Kier molecular flexibility index (Phi) is 3.19. The molecule has 0 aromatic carbocycles. The molecule has 80 valence electrons. The third kappa shape index (κ3) is 3.40. The van der Waals surface area contributed by atoms with Crippen LogP contribution in [0.3, 0.4) is 0 Å². The normalized spacial score (nSPS) is 17.7. The molecule has 0 spiro atoms. The lowest BCUT2D eigenvalue weighted by Crippen LogP contribution is -2.35. The van der Waals surface area contributed by atoms with Crippen molar-refractivity contribution < 1.29 is 9.53 Å². The number of ether oxygens (including phenoxy) is 1. The molecule has 0 bridgehead atoms. The number of hydrogen-bond donors (Lipinski definition) is 0. The van der Waals surface area contributed by atoms with Crippen LogP contribution in [0.1, 0.15) is 40.5 Å². The molecule has 1 aliphatic heterocycles. The average Bonchev–Trinajstić information content (AvgIpc) is 2.01. The zero-order valence-corrected chi connectivity index (χ0v) is 9.46. The van der Waals surface area contributed by atoms with Crippen molar-refractivity contribution in [3.05, 3.63) is 11.8 Å². The number of carbonyl (C=O) groups is 1. The second-order valence-electron chi connectivity index (χ2n) is 4.75. The summed E-state index contributed by atoms with van der Waals surface area (Å²) in [7, 11) is 0. The summed E-state index contributed by atoms with van der Waals surface area (Å²) in [6.07, 6.45) is 3.76. The highest BCUT2D eigenvalue weighted by Crippen LogP contribution is 2.17. The summed E-state index contributed by atoms with van der Waals surface area (Å²) < 4.78 is 5.27. The van der Waals surface area contributed by atoms with Crippen LogP contribution >= 0.6 is 0 Å². The van der Waals surface area contributed by atoms with Gasteiger partial charge in [0, 0.05) is 12.7 Å². The number of hydrogen-bond acceptors (Lipinski definition) is 2. The highest BCUT2D eigenvalue weighted by atomic mass is 16.6. The van der Waals surface area contributed by atoms with E-state index in [1.165, 1.54) is 5.57 Å². The summed E-state index contributed by atoms with van der Waals surface area (Å²) in [6.45, 7) is 8.45. The van der Waals surface area contributed by atoms with Crippen LogP contribution in [0.4, 0.5) is 4.79 Å². The van der Waals surface area contributed by atoms with Gasteiger partial charge in [-0.15, -0.1) is 0 Å². The first-order valence-electron chi connectivity index (χ1n) is 5.05. The van der Waals surface area contributed by atoms with Gasteiger partial charge in [-0.1, -0.05) is 5.57 Å². The first-order chi connectivity index (χ1) is 6.38. The lowest BCUT2D eigenvalue weighted by atomic mass is 10.1. The predicted molar refractivity (Wildman–Crippen MR) is 55.9 cm³/mol. The average molecular weight is 197 g/mol. The predicted octanol–water partition coefficient (Wildman–Crippen LogP) is 2.92. The molecule has 1 rings (SSSR count). The fraction of sp³-hybridized carbons (Fsp3) is 0.727. The Bertz CT molecular complexity index is 251. The van der Waals surface area contributed by atoms with E-state index in [1.54, 1.807) is 4.90 Å². The Morgan fingerprint density at radius 1 is 1.50 bits per heavy atom. The van der Waals surface area contributed by atoms with E-state index < -0.39 is 5.60 Å². The molecule has 1 heterocycles. The second-order valence-corrected chi connectivity index (χ2v) is 4.75. The minimum Gasteiger partial charge on any atom is -0.443 e. The van der Waals surface area contributed by atoms with Crippen molar-refractivity contribution in [2.24, 2.45) is 0 Å². The van der Waals surface area contributed by atoms with Crippen molar-refractivity contribution in [1.29, 1.82) is 0 Å². The van der Waals surface area contributed by atoms with Gasteiger partial charge in [0.1, 0.15) is 5.60 Å². The van der Waals surface area contributed by atoms with Gasteiger partial charge in [0.25, 0.3) is 0 Å². The molecule has 1 aliphatic rings. The summed E-state index contributed by atoms with van der Waals surface area (Å²) in [5, 5.41) is 0. The molecule has 0 aromatic rings. The topological polar surface area (TPSA) is 29.5 Å². The second kappa shape index (κ2) is 4.03. The van der Waals surface area contributed by atoms with Crippen molar-refractivity contribution >= 4 is 6.09 Å². The number of amides is 1. The molecule has 0 N–H and O–H groups in total. The van der Waals surface area contributed by atoms with Crippen LogP contribution in [0.25, 0.3) is 0 Å². The largest absolute Gasteiger partial charge is 0.443 e. The van der Waals surface area contributed by atoms with Gasteiger partial charge in [-0.05, 0) is 40.5 Å². The van der Waals surface area contributed by atoms with Crippen molar-refractivity contribution in [3.8, 4) is 0 Å². The van der Waals surface area contributed by atoms with Crippen molar-refractivity contribution in [2.45, 2.75) is 46.1 Å². The van der Waals surface area contributed by atoms with E-state index in [4.69, 9.17) is 4.74 Å². The van der Waals surface area contributed by atoms with Crippen LogP contribution < -0.4 is 0 Å². The Morgan fingerprint density at radius 3 is 2.64 bits per heavy atom. The van der Waals surface area contributed by atoms with Gasteiger partial charge < -0.3 is 4.74 Å². The fourth-order valence-corrected chi connectivity index (χ4v) is 1.39. The SMILES string of the molecule is CC1=CN(C(=O)OC(C)(C)C)CCC1. The molecule has 0 radical (unpaired) electrons. The minimum absolute atomic E-state index is 0.239. The lowest BCUT2D eigenvalue weighted by Gasteiger charge is -2.27. The van der Waals surface area contributed by atoms with Crippen LogP contribution in [0.15, 0.2) is 11.8 Å². The molecule has 0 saturated carbocycles. The molecule has 3 heteroatoms. The van der Waals surface area contributed by atoms with E-state index in [9.17, 15) is 4.79 Å². The molecular weight excluding hydrogens is 178 g/mol. The molecule has 0 atom stereocenters. The molecule has 3 nitrogen and oxygen atoms in total. The zero-order chi connectivity index (χ0) is 10.8. The number of nitrogens with zero attached hydrogens (tertiary/aromatic N) is 1. The van der Waals surface area contributed by atoms with Crippen molar-refractivity contribution in [1.82, 2.24) is 4.90 Å². The first-order valence-corrected chi connectivity index (χ1v) is 5.05. The molecule has 0 fully saturated rings. The maximum Gasteiger partial charge on any atom is 0.414 e. The molecule has 1 amide bonds. The van der Waals surface area contributed by atoms with Gasteiger partial charge in [0.2, 0.25) is 0 Å². The fourth-order valence-electron chi connectivity index (χ4n) is 1.39. The molecule has 0 saturated heterocycles. The molecular formula is C11H19NO2. The monoisotopic (exact) mass is 197 g/mol. The summed E-state index contributed by atoms with van der Waals surface area (Å²) in [6, 6.07) is 0. The van der Waals surface area contributed by atoms with Gasteiger partial charge in [0.05, 0.1) is 0 Å². The van der Waals surface area contributed by atoms with E-state index in [0.717, 1.165) is 19.4 Å². The van der Waals surface area contributed by atoms with E-state index in [0.29, 0.717) is 0 Å². The summed E-state index contributed by atoms with van der Waals surface area (Å²) in [5.74, 6) is 0. The summed E-state index contributed by atoms with van der Waals surface area (Å²) in [5.41, 5.74) is 0.832. The molecule has 0 aliphatic carbocycles. The van der Waals surface area contributed by atoms with Gasteiger partial charge in [-0.2, -0.15) is 0 Å². The Labute approximate surface area is 85.7 Å². The van der Waals surface area contributed by atoms with Gasteiger partial charge in [-0.25, -0.2) is 4.79 Å². The number of carbonyl (C=O) groups excluding carboxylic acids is 1. The first kappa shape index (κ1) is 11.1. The van der Waals surface area contributed by atoms with E-state index in [-0.39, 0.29) is 6.09 Å². The van der Waals surface area contributed by atoms with Crippen LogP contribution in [0.2, 0.25) is 0 Å². The third-order valence-corrected chi connectivity index (χ3v) is 1.97. The Balaban J connectivity index is 2.57. The smallest absolute Gasteiger partial charge is 0.414 e. The standard InChI is InChI=1S/C11H19NO2/c1-9-6-5-7-12(8-9)10(13)14-11(2,3)4/h8H,5-7H2,1-4H3. The summed E-state index contributed by atoms with van der Waals surface area (Å²) in [4.78, 5) is 13.3. The highest BCUT2D eigenvalue weighted by Gasteiger charge is 2.22. The van der Waals surface area contributed by atoms with Crippen LogP contribution in [-0.2, 0) is 4.74 Å². The molecule has 0 aromatic heterocycles. The van der Waals surface area contributed by atoms with Crippen molar-refractivity contribution in [3.63, 3.8) is 0 Å². The van der Waals surface area contributed by atoms with Gasteiger partial charge >= 0.3 is 6.09 Å². The lowest BCUT2D eigenvalue weighted by molar-refractivity contribution is 0.0324. The maximum absolute atomic E-state index is 11.6. The van der Waals surface area contributed by atoms with Crippen LogP contribution in [0, 0.1) is 0 Å². The Hall–Kier alpha value is -0.990. The van der Waals surface area contributed by atoms with Gasteiger partial charge in [-0.3, -0.25) is 4.90 Å². The molecule has 0 unspecified atom stereocenters. The zero-order valence-electron chi connectivity index (χ0n) is 9.46. The Morgan fingerprint density at radius 2 is 2.14 bits per heavy atom. The number of allylic oxidation sites excluding steroid dienone is 1. The quantitative estimate of drug-likeness (QED) is 0.597. The van der Waals surface area contributed by atoms with Gasteiger partial charge in [0.15, 0.2) is 0 Å². The minimum atomic E-state index is -0.406. The third-order valence-electron chi connectivity index (χ3n) is 1.97. The highest BCUT2D eigenvalue weighted by molar-refractivity contribution is 5.69. The number of rotatable bonds is 0. The van der Waals surface area contributed by atoms with E-state index in [1.807, 2.05) is 33.9 Å². The van der Waals surface area contributed by atoms with Crippen molar-refractivity contribution in [2.75, 3.05) is 6.54 Å². The maximum atomic E-state index is 11.6. The summed E-state index contributed by atoms with van der Waals surface area (Å²) >= 11 is 0. The van der Waals surface area contributed by atoms with E-state index in [2.05, 4.69) is 0 Å². The van der Waals surface area contributed by atoms with E-state index >= 15 is 0 Å². The van der Waals surface area contributed by atoms with Crippen LogP contribution in [-0.4, -0.2) is 23.1 Å². The van der Waals surface area contributed by atoms with Crippen LogP contribution in [0.5, 0.6) is 0 Å².